The van der Waals surface area contributed by atoms with Crippen molar-refractivity contribution in [3.8, 4) is 5.75 Å². The van der Waals surface area contributed by atoms with Crippen LogP contribution in [0.2, 0.25) is 0 Å². The zero-order valence-electron chi connectivity index (χ0n) is 10.8. The number of para-hydroxylation sites is 1. The Morgan fingerprint density at radius 3 is 2.79 bits per heavy atom. The van der Waals surface area contributed by atoms with Crippen LogP contribution in [0, 0.1) is 10.1 Å². The summed E-state index contributed by atoms with van der Waals surface area (Å²) in [7, 11) is 3.13. The summed E-state index contributed by atoms with van der Waals surface area (Å²) in [6, 6.07) is 3.88. The molecular weight excluding hydrogens is 252 g/mol. The van der Waals surface area contributed by atoms with E-state index in [9.17, 15) is 20.0 Å². The number of methoxy groups -OCH3 is 1. The first-order valence-corrected chi connectivity index (χ1v) is 5.69. The van der Waals surface area contributed by atoms with Gasteiger partial charge in [0, 0.05) is 33.4 Å². The zero-order chi connectivity index (χ0) is 14.4. The molecule has 0 radical (unpaired) electrons. The maximum absolute atomic E-state index is 12.0. The number of ether oxygens (including phenoxy) is 1. The first kappa shape index (κ1) is 14.9. The van der Waals surface area contributed by atoms with Crippen LogP contribution >= 0.6 is 0 Å². The normalized spacial score (nSPS) is 10.2. The van der Waals surface area contributed by atoms with Crippen LogP contribution in [0.3, 0.4) is 0 Å². The lowest BCUT2D eigenvalue weighted by molar-refractivity contribution is -0.385. The number of hydrogen-bond donors (Lipinski definition) is 1. The first-order chi connectivity index (χ1) is 8.99. The molecule has 0 aliphatic heterocycles. The van der Waals surface area contributed by atoms with E-state index in [1.807, 2.05) is 0 Å². The van der Waals surface area contributed by atoms with Crippen LogP contribution in [0.1, 0.15) is 16.8 Å². The molecule has 19 heavy (non-hydrogen) atoms. The molecule has 0 bridgehead atoms. The van der Waals surface area contributed by atoms with Gasteiger partial charge in [0.2, 0.25) is 5.75 Å². The molecule has 0 saturated carbocycles. The van der Waals surface area contributed by atoms with Gasteiger partial charge in [0.05, 0.1) is 10.5 Å². The second kappa shape index (κ2) is 6.69. The third kappa shape index (κ3) is 3.65. The Balaban J connectivity index is 2.88. The number of phenols is 1. The summed E-state index contributed by atoms with van der Waals surface area (Å²) in [6.07, 6.45) is 0.647. The van der Waals surface area contributed by atoms with E-state index < -0.39 is 22.3 Å². The molecule has 104 valence electrons. The molecule has 0 heterocycles. The van der Waals surface area contributed by atoms with Gasteiger partial charge in [-0.05, 0) is 12.5 Å². The minimum Gasteiger partial charge on any atom is -0.502 e. The van der Waals surface area contributed by atoms with E-state index >= 15 is 0 Å². The lowest BCUT2D eigenvalue weighted by Gasteiger charge is -2.17. The number of nitrogens with zero attached hydrogens (tertiary/aromatic N) is 2. The predicted octanol–water partition coefficient (Wildman–Crippen LogP) is 1.41. The molecule has 1 N–H and O–H groups in total. The molecule has 0 aliphatic carbocycles. The summed E-state index contributed by atoms with van der Waals surface area (Å²) < 4.78 is 4.88. The van der Waals surface area contributed by atoms with E-state index in [0.29, 0.717) is 19.6 Å². The first-order valence-electron chi connectivity index (χ1n) is 5.69. The van der Waals surface area contributed by atoms with Gasteiger partial charge in [-0.15, -0.1) is 0 Å². The molecule has 0 spiro atoms. The number of phenolic OH excluding ortho intramolecular Hbond substituents is 1. The van der Waals surface area contributed by atoms with Crippen molar-refractivity contribution in [3.63, 3.8) is 0 Å². The number of nitro groups is 1. The molecule has 1 amide bonds. The molecule has 7 heteroatoms. The van der Waals surface area contributed by atoms with Crippen molar-refractivity contribution in [2.24, 2.45) is 0 Å². The van der Waals surface area contributed by atoms with E-state index in [1.54, 1.807) is 14.2 Å². The van der Waals surface area contributed by atoms with Crippen LogP contribution in [0.5, 0.6) is 5.75 Å². The summed E-state index contributed by atoms with van der Waals surface area (Å²) in [5.41, 5.74) is -0.551. The summed E-state index contributed by atoms with van der Waals surface area (Å²) in [5.74, 6) is -1.06. The smallest absolute Gasteiger partial charge is 0.311 e. The molecular formula is C12H16N2O5. The largest absolute Gasteiger partial charge is 0.502 e. The van der Waals surface area contributed by atoms with E-state index in [1.165, 1.54) is 17.0 Å². The van der Waals surface area contributed by atoms with Crippen LogP contribution < -0.4 is 0 Å². The highest BCUT2D eigenvalue weighted by Crippen LogP contribution is 2.29. The maximum atomic E-state index is 12.0. The van der Waals surface area contributed by atoms with E-state index in [-0.39, 0.29) is 5.56 Å². The SMILES string of the molecule is COCCCN(C)C(=O)c1cccc([N+](=O)[O-])c1O. The van der Waals surface area contributed by atoms with Crippen molar-refractivity contribution in [1.82, 2.24) is 4.90 Å². The van der Waals surface area contributed by atoms with Gasteiger partial charge in [0.25, 0.3) is 5.91 Å². The van der Waals surface area contributed by atoms with E-state index in [2.05, 4.69) is 0 Å². The van der Waals surface area contributed by atoms with E-state index in [4.69, 9.17) is 4.74 Å². The molecule has 0 aliphatic rings. The van der Waals surface area contributed by atoms with Crippen molar-refractivity contribution in [3.05, 3.63) is 33.9 Å². The Morgan fingerprint density at radius 1 is 1.53 bits per heavy atom. The van der Waals surface area contributed by atoms with Crippen LogP contribution in [-0.2, 0) is 4.74 Å². The van der Waals surface area contributed by atoms with Crippen molar-refractivity contribution in [2.45, 2.75) is 6.42 Å². The summed E-state index contributed by atoms with van der Waals surface area (Å²) in [4.78, 5) is 23.4. The van der Waals surface area contributed by atoms with Crippen LogP contribution in [-0.4, -0.2) is 48.1 Å². The van der Waals surface area contributed by atoms with Gasteiger partial charge in [-0.1, -0.05) is 6.07 Å². The Labute approximate surface area is 110 Å². The van der Waals surface area contributed by atoms with Gasteiger partial charge in [0.15, 0.2) is 0 Å². The van der Waals surface area contributed by atoms with Crippen molar-refractivity contribution in [1.29, 1.82) is 0 Å². The Bertz CT molecular complexity index is 475. The minimum absolute atomic E-state index is 0.0749. The standard InChI is InChI=1S/C12H16N2O5/c1-13(7-4-8-19-2)12(16)9-5-3-6-10(11(9)15)14(17)18/h3,5-6,15H,4,7-8H2,1-2H3. The van der Waals surface area contributed by atoms with Crippen LogP contribution in [0.15, 0.2) is 18.2 Å². The number of carbonyl (C=O) groups excluding carboxylic acids is 1. The number of nitro benzene ring substituents is 1. The van der Waals surface area contributed by atoms with Crippen molar-refractivity contribution in [2.75, 3.05) is 27.3 Å². The quantitative estimate of drug-likeness (QED) is 0.478. The average Bonchev–Trinajstić information content (AvgIpc) is 2.38. The fourth-order valence-corrected chi connectivity index (χ4v) is 1.60. The highest BCUT2D eigenvalue weighted by Gasteiger charge is 2.22. The molecule has 0 aromatic heterocycles. The highest BCUT2D eigenvalue weighted by atomic mass is 16.6. The number of rotatable bonds is 6. The molecule has 1 rings (SSSR count). The Kier molecular flexibility index (Phi) is 5.25. The fourth-order valence-electron chi connectivity index (χ4n) is 1.60. The second-order valence-electron chi connectivity index (χ2n) is 4.00. The third-order valence-corrected chi connectivity index (χ3v) is 2.63. The molecule has 0 saturated heterocycles. The maximum Gasteiger partial charge on any atom is 0.311 e. The summed E-state index contributed by atoms with van der Waals surface area (Å²) >= 11 is 0. The Hall–Kier alpha value is -2.15. The van der Waals surface area contributed by atoms with Gasteiger partial charge in [-0.2, -0.15) is 0 Å². The molecule has 0 atom stereocenters. The predicted molar refractivity (Wildman–Crippen MR) is 68.2 cm³/mol. The van der Waals surface area contributed by atoms with E-state index in [0.717, 1.165) is 6.07 Å². The van der Waals surface area contributed by atoms with Crippen LogP contribution in [0.25, 0.3) is 0 Å². The lowest BCUT2D eigenvalue weighted by atomic mass is 10.1. The molecule has 7 nitrogen and oxygen atoms in total. The number of benzene rings is 1. The molecule has 0 unspecified atom stereocenters. The second-order valence-corrected chi connectivity index (χ2v) is 4.00. The monoisotopic (exact) mass is 268 g/mol. The third-order valence-electron chi connectivity index (χ3n) is 2.63. The summed E-state index contributed by atoms with van der Waals surface area (Å²) in [6.45, 7) is 0.952. The van der Waals surface area contributed by atoms with Crippen molar-refractivity contribution < 1.29 is 19.6 Å². The molecule has 1 aromatic carbocycles. The van der Waals surface area contributed by atoms with Gasteiger partial charge in [-0.3, -0.25) is 14.9 Å². The number of amides is 1. The number of hydrogen-bond acceptors (Lipinski definition) is 5. The fraction of sp³-hybridized carbons (Fsp3) is 0.417. The van der Waals surface area contributed by atoms with Gasteiger partial charge in [0.1, 0.15) is 0 Å². The van der Waals surface area contributed by atoms with Gasteiger partial charge < -0.3 is 14.7 Å². The average molecular weight is 268 g/mol. The Morgan fingerprint density at radius 2 is 2.21 bits per heavy atom. The van der Waals surface area contributed by atoms with Gasteiger partial charge in [-0.25, -0.2) is 0 Å². The molecule has 1 aromatic rings. The summed E-state index contributed by atoms with van der Waals surface area (Å²) in [5, 5.41) is 20.4. The molecule has 0 fully saturated rings. The number of aromatic hydroxyl groups is 1. The zero-order valence-corrected chi connectivity index (χ0v) is 10.8. The topological polar surface area (TPSA) is 92.9 Å². The highest BCUT2D eigenvalue weighted by molar-refractivity contribution is 5.97. The number of carbonyl (C=O) groups is 1. The minimum atomic E-state index is -0.725. The van der Waals surface area contributed by atoms with Crippen molar-refractivity contribution >= 4 is 11.6 Å². The van der Waals surface area contributed by atoms with Gasteiger partial charge >= 0.3 is 5.69 Å². The van der Waals surface area contributed by atoms with Crippen LogP contribution in [0.4, 0.5) is 5.69 Å². The lowest BCUT2D eigenvalue weighted by Crippen LogP contribution is -2.28.